The summed E-state index contributed by atoms with van der Waals surface area (Å²) in [5.74, 6) is -1.43. The number of ketones is 1. The molecule has 1 aliphatic rings. The number of carboxylic acid groups (broad SMARTS) is 1. The fourth-order valence-corrected chi connectivity index (χ4v) is 4.66. The van der Waals surface area contributed by atoms with E-state index in [4.69, 9.17) is 4.74 Å². The lowest BCUT2D eigenvalue weighted by Gasteiger charge is -2.27. The quantitative estimate of drug-likeness (QED) is 0.317. The maximum absolute atomic E-state index is 13.0. The summed E-state index contributed by atoms with van der Waals surface area (Å²) >= 11 is 0. The number of rotatable bonds is 8. The van der Waals surface area contributed by atoms with Crippen molar-refractivity contribution in [2.45, 2.75) is 32.6 Å². The molecule has 0 aliphatic heterocycles. The van der Waals surface area contributed by atoms with Crippen LogP contribution in [0.5, 0.6) is 5.75 Å². The van der Waals surface area contributed by atoms with Gasteiger partial charge in [0, 0.05) is 17.2 Å². The number of para-hydroxylation sites is 2. The van der Waals surface area contributed by atoms with Crippen molar-refractivity contribution in [1.82, 2.24) is 0 Å². The van der Waals surface area contributed by atoms with Crippen molar-refractivity contribution in [1.29, 1.82) is 0 Å². The third-order valence-corrected chi connectivity index (χ3v) is 6.50. The third kappa shape index (κ3) is 5.92. The highest BCUT2D eigenvalue weighted by Crippen LogP contribution is 2.33. The molecule has 0 radical (unpaired) electrons. The standard InChI is InChI=1S/C29H30N2O5/c1-2-36-26-10-6-5-9-25(26)31-29(35)30-22-17-15-20(16-18-22)19-11-13-21(14-12-19)27(32)23-7-3-4-8-24(23)28(33)34/h5-6,9-18,23-24H,2-4,7-8H2,1H3,(H,33,34)(H2,30,31,35)/t23-,24-/m0/s1. The van der Waals surface area contributed by atoms with Gasteiger partial charge >= 0.3 is 12.0 Å². The Bertz CT molecular complexity index is 1220. The number of hydrogen-bond donors (Lipinski definition) is 3. The first-order valence-electron chi connectivity index (χ1n) is 12.2. The largest absolute Gasteiger partial charge is 0.492 e. The van der Waals surface area contributed by atoms with E-state index in [1.54, 1.807) is 24.3 Å². The van der Waals surface area contributed by atoms with Crippen LogP contribution in [0.4, 0.5) is 16.2 Å². The van der Waals surface area contributed by atoms with Crippen molar-refractivity contribution in [3.8, 4) is 16.9 Å². The Kier molecular flexibility index (Phi) is 8.00. The lowest BCUT2D eigenvalue weighted by atomic mass is 9.75. The van der Waals surface area contributed by atoms with E-state index in [0.717, 1.165) is 24.0 Å². The van der Waals surface area contributed by atoms with E-state index in [-0.39, 0.29) is 11.8 Å². The highest BCUT2D eigenvalue weighted by Gasteiger charge is 2.35. The molecule has 4 rings (SSSR count). The van der Waals surface area contributed by atoms with Gasteiger partial charge < -0.3 is 20.5 Å². The topological polar surface area (TPSA) is 105 Å². The van der Waals surface area contributed by atoms with Crippen molar-refractivity contribution < 1.29 is 24.2 Å². The number of carbonyl (C=O) groups is 3. The molecule has 0 bridgehead atoms. The zero-order chi connectivity index (χ0) is 25.5. The van der Waals surface area contributed by atoms with Gasteiger partial charge in [0.1, 0.15) is 5.75 Å². The lowest BCUT2D eigenvalue weighted by Crippen LogP contribution is -2.32. The Labute approximate surface area is 210 Å². The van der Waals surface area contributed by atoms with Gasteiger partial charge in [-0.1, -0.05) is 61.4 Å². The van der Waals surface area contributed by atoms with Crippen LogP contribution in [0.25, 0.3) is 11.1 Å². The Morgan fingerprint density at radius 2 is 1.44 bits per heavy atom. The molecule has 2 atom stereocenters. The molecule has 36 heavy (non-hydrogen) atoms. The van der Waals surface area contributed by atoms with Crippen molar-refractivity contribution in [3.05, 3.63) is 78.4 Å². The molecule has 7 heteroatoms. The molecule has 7 nitrogen and oxygen atoms in total. The molecule has 0 saturated heterocycles. The zero-order valence-corrected chi connectivity index (χ0v) is 20.2. The summed E-state index contributed by atoms with van der Waals surface area (Å²) in [6.07, 6.45) is 2.92. The summed E-state index contributed by atoms with van der Waals surface area (Å²) in [5.41, 5.74) is 3.62. The maximum atomic E-state index is 13.0. The van der Waals surface area contributed by atoms with Crippen LogP contribution >= 0.6 is 0 Å². The SMILES string of the molecule is CCOc1ccccc1NC(=O)Nc1ccc(-c2ccc(C(=O)[C@H]3CCCC[C@@H]3C(=O)O)cc2)cc1. The van der Waals surface area contributed by atoms with E-state index < -0.39 is 17.8 Å². The number of anilines is 2. The summed E-state index contributed by atoms with van der Waals surface area (Å²) < 4.78 is 5.54. The number of urea groups is 1. The van der Waals surface area contributed by atoms with Crippen molar-refractivity contribution in [3.63, 3.8) is 0 Å². The number of carboxylic acids is 1. The van der Waals surface area contributed by atoms with E-state index in [1.807, 2.05) is 55.5 Å². The van der Waals surface area contributed by atoms with Crippen LogP contribution in [0.3, 0.4) is 0 Å². The Morgan fingerprint density at radius 1 is 0.833 bits per heavy atom. The minimum atomic E-state index is -0.884. The van der Waals surface area contributed by atoms with Gasteiger partial charge in [-0.05, 0) is 55.2 Å². The van der Waals surface area contributed by atoms with E-state index in [2.05, 4.69) is 10.6 Å². The summed E-state index contributed by atoms with van der Waals surface area (Å²) in [5, 5.41) is 15.1. The second kappa shape index (κ2) is 11.5. The zero-order valence-electron chi connectivity index (χ0n) is 20.2. The molecule has 1 fully saturated rings. The van der Waals surface area contributed by atoms with Gasteiger partial charge in [-0.2, -0.15) is 0 Å². The third-order valence-electron chi connectivity index (χ3n) is 6.50. The molecule has 2 amide bonds. The molecular formula is C29H30N2O5. The molecule has 1 aliphatic carbocycles. The van der Waals surface area contributed by atoms with E-state index in [1.165, 1.54) is 0 Å². The van der Waals surface area contributed by atoms with Gasteiger partial charge in [-0.3, -0.25) is 9.59 Å². The molecule has 0 aromatic heterocycles. The van der Waals surface area contributed by atoms with Crippen LogP contribution in [0.1, 0.15) is 43.0 Å². The molecular weight excluding hydrogens is 456 g/mol. The number of hydrogen-bond acceptors (Lipinski definition) is 4. The Balaban J connectivity index is 1.39. The molecule has 0 heterocycles. The van der Waals surface area contributed by atoms with Gasteiger partial charge in [0.2, 0.25) is 0 Å². The van der Waals surface area contributed by atoms with Gasteiger partial charge in [0.05, 0.1) is 18.2 Å². The summed E-state index contributed by atoms with van der Waals surface area (Å²) in [6.45, 7) is 2.38. The molecule has 3 N–H and O–H groups in total. The lowest BCUT2D eigenvalue weighted by molar-refractivity contribution is -0.144. The average Bonchev–Trinajstić information content (AvgIpc) is 2.90. The van der Waals surface area contributed by atoms with Crippen molar-refractivity contribution in [2.75, 3.05) is 17.2 Å². The Morgan fingerprint density at radius 3 is 2.08 bits per heavy atom. The predicted molar refractivity (Wildman–Crippen MR) is 140 cm³/mol. The molecule has 0 spiro atoms. The van der Waals surface area contributed by atoms with Crippen LogP contribution in [-0.4, -0.2) is 29.5 Å². The summed E-state index contributed by atoms with van der Waals surface area (Å²) in [4.78, 5) is 37.0. The minimum absolute atomic E-state index is 0.0925. The van der Waals surface area contributed by atoms with Crippen LogP contribution in [-0.2, 0) is 4.79 Å². The summed E-state index contributed by atoms with van der Waals surface area (Å²) in [6, 6.07) is 21.5. The molecule has 1 saturated carbocycles. The first kappa shape index (κ1) is 25.0. The predicted octanol–water partition coefficient (Wildman–Crippen LogP) is 6.47. The molecule has 3 aromatic rings. The van der Waals surface area contributed by atoms with Gasteiger partial charge in [-0.15, -0.1) is 0 Å². The van der Waals surface area contributed by atoms with E-state index in [9.17, 15) is 19.5 Å². The van der Waals surface area contributed by atoms with E-state index in [0.29, 0.717) is 42.1 Å². The monoisotopic (exact) mass is 486 g/mol. The normalized spacial score (nSPS) is 17.1. The second-order valence-electron chi connectivity index (χ2n) is 8.86. The first-order valence-corrected chi connectivity index (χ1v) is 12.2. The molecule has 0 unspecified atom stereocenters. The van der Waals surface area contributed by atoms with Gasteiger partial charge in [-0.25, -0.2) is 4.79 Å². The fourth-order valence-electron chi connectivity index (χ4n) is 4.66. The van der Waals surface area contributed by atoms with Crippen LogP contribution in [0, 0.1) is 11.8 Å². The van der Waals surface area contributed by atoms with Crippen LogP contribution in [0.15, 0.2) is 72.8 Å². The number of carbonyl (C=O) groups excluding carboxylic acids is 2. The second-order valence-corrected chi connectivity index (χ2v) is 8.86. The number of amides is 2. The minimum Gasteiger partial charge on any atom is -0.492 e. The maximum Gasteiger partial charge on any atom is 0.323 e. The van der Waals surface area contributed by atoms with Crippen LogP contribution in [0.2, 0.25) is 0 Å². The van der Waals surface area contributed by atoms with E-state index >= 15 is 0 Å². The van der Waals surface area contributed by atoms with Gasteiger partial charge in [0.25, 0.3) is 0 Å². The highest BCUT2D eigenvalue weighted by molar-refractivity contribution is 6.01. The smallest absolute Gasteiger partial charge is 0.323 e. The number of Topliss-reactive ketones (excluding diaryl/α,β-unsaturated/α-hetero) is 1. The molecule has 3 aromatic carbocycles. The number of nitrogens with one attached hydrogen (secondary N) is 2. The highest BCUT2D eigenvalue weighted by atomic mass is 16.5. The fraction of sp³-hybridized carbons (Fsp3) is 0.276. The first-order chi connectivity index (χ1) is 17.5. The van der Waals surface area contributed by atoms with Gasteiger partial charge in [0.15, 0.2) is 5.78 Å². The Hall–Kier alpha value is -4.13. The number of aliphatic carboxylic acids is 1. The van der Waals surface area contributed by atoms with Crippen LogP contribution < -0.4 is 15.4 Å². The average molecular weight is 487 g/mol. The summed E-state index contributed by atoms with van der Waals surface area (Å²) in [7, 11) is 0. The molecule has 186 valence electrons. The number of benzene rings is 3. The van der Waals surface area contributed by atoms with Crippen molar-refractivity contribution >= 4 is 29.2 Å². The number of ether oxygens (including phenoxy) is 1. The van der Waals surface area contributed by atoms with Crippen molar-refractivity contribution in [2.24, 2.45) is 11.8 Å².